The zero-order chi connectivity index (χ0) is 16.3. The Morgan fingerprint density at radius 3 is 2.48 bits per heavy atom. The fraction of sp³-hybridized carbons (Fsp3) is 0.300. The van der Waals surface area contributed by atoms with Crippen molar-refractivity contribution in [3.05, 3.63) is 54.6 Å². The van der Waals surface area contributed by atoms with E-state index in [1.165, 1.54) is 20.5 Å². The van der Waals surface area contributed by atoms with Crippen LogP contribution >= 0.6 is 11.3 Å². The van der Waals surface area contributed by atoms with Crippen molar-refractivity contribution in [2.45, 2.75) is 39.0 Å². The van der Waals surface area contributed by atoms with E-state index in [-0.39, 0.29) is 5.60 Å². The highest BCUT2D eigenvalue weighted by Gasteiger charge is 2.18. The smallest absolute Gasteiger partial charge is 0.120 e. The van der Waals surface area contributed by atoms with E-state index in [1.807, 2.05) is 11.3 Å². The van der Waals surface area contributed by atoms with E-state index < -0.39 is 0 Å². The molecule has 1 nitrogen and oxygen atoms in total. The molecule has 117 valence electrons. The fourth-order valence-electron chi connectivity index (χ4n) is 2.67. The zero-order valence-electron chi connectivity index (χ0n) is 14.0. The second-order valence-corrected chi connectivity index (χ2v) is 7.57. The maximum Gasteiger partial charge on any atom is 0.120 e. The highest BCUT2D eigenvalue weighted by molar-refractivity contribution is 7.22. The Bertz CT molecular complexity index is 741. The minimum Gasteiger partial charge on any atom is -0.488 e. The van der Waals surface area contributed by atoms with Crippen LogP contribution in [-0.4, -0.2) is 12.9 Å². The van der Waals surface area contributed by atoms with E-state index in [2.05, 4.69) is 82.5 Å². The molecule has 0 unspecified atom stereocenters. The molecule has 0 saturated heterocycles. The van der Waals surface area contributed by atoms with Gasteiger partial charge in [-0.3, -0.25) is 0 Å². The Hall–Kier alpha value is -1.74. The molecule has 0 aliphatic heterocycles. The largest absolute Gasteiger partial charge is 0.488 e. The Kier molecular flexibility index (Phi) is 4.77. The maximum absolute atomic E-state index is 6.14. The quantitative estimate of drug-likeness (QED) is 0.485. The van der Waals surface area contributed by atoms with Gasteiger partial charge in [-0.05, 0) is 67.6 Å². The SMILES string of the molecule is C[B]CCC(C)(C)Oc1ccc(-c2cc3ccccc3s2)cc1. The van der Waals surface area contributed by atoms with Crippen molar-refractivity contribution < 1.29 is 4.74 Å². The molecule has 2 aromatic carbocycles. The second kappa shape index (κ2) is 6.80. The van der Waals surface area contributed by atoms with Crippen LogP contribution in [0.4, 0.5) is 0 Å². The minimum atomic E-state index is -0.133. The number of ether oxygens (including phenoxy) is 1. The van der Waals surface area contributed by atoms with Gasteiger partial charge in [-0.25, -0.2) is 0 Å². The molecule has 3 heteroatoms. The molecule has 0 amide bonds. The van der Waals surface area contributed by atoms with Gasteiger partial charge in [0, 0.05) is 9.58 Å². The Morgan fingerprint density at radius 2 is 1.78 bits per heavy atom. The number of fused-ring (bicyclic) bond motifs is 1. The number of benzene rings is 2. The number of hydrogen-bond donors (Lipinski definition) is 0. The lowest BCUT2D eigenvalue weighted by Gasteiger charge is -2.26. The van der Waals surface area contributed by atoms with E-state index in [9.17, 15) is 0 Å². The van der Waals surface area contributed by atoms with Gasteiger partial charge in [0.05, 0.1) is 0 Å². The van der Waals surface area contributed by atoms with Gasteiger partial charge in [0.25, 0.3) is 0 Å². The van der Waals surface area contributed by atoms with Gasteiger partial charge in [0.15, 0.2) is 0 Å². The van der Waals surface area contributed by atoms with Crippen molar-refractivity contribution in [2.24, 2.45) is 0 Å². The summed E-state index contributed by atoms with van der Waals surface area (Å²) in [5, 5.41) is 1.31. The molecule has 0 aliphatic rings. The minimum absolute atomic E-state index is 0.133. The summed E-state index contributed by atoms with van der Waals surface area (Å²) in [5.41, 5.74) is 1.12. The van der Waals surface area contributed by atoms with Crippen LogP contribution in [0.3, 0.4) is 0 Å². The summed E-state index contributed by atoms with van der Waals surface area (Å²) in [7, 11) is 2.19. The predicted octanol–water partition coefficient (Wildman–Crippen LogP) is 6.29. The first-order valence-electron chi connectivity index (χ1n) is 8.13. The maximum atomic E-state index is 6.14. The van der Waals surface area contributed by atoms with Crippen molar-refractivity contribution in [3.63, 3.8) is 0 Å². The van der Waals surface area contributed by atoms with Gasteiger partial charge < -0.3 is 4.74 Å². The molecular formula is C20H22BOS. The van der Waals surface area contributed by atoms with Crippen molar-refractivity contribution >= 4 is 28.7 Å². The summed E-state index contributed by atoms with van der Waals surface area (Å²) in [6.07, 6.45) is 2.11. The zero-order valence-corrected chi connectivity index (χ0v) is 14.8. The summed E-state index contributed by atoms with van der Waals surface area (Å²) in [5.74, 6) is 0.941. The molecule has 1 radical (unpaired) electrons. The third-order valence-electron chi connectivity index (χ3n) is 3.99. The Labute approximate surface area is 143 Å². The van der Waals surface area contributed by atoms with Crippen LogP contribution in [-0.2, 0) is 0 Å². The first-order valence-corrected chi connectivity index (χ1v) is 8.95. The van der Waals surface area contributed by atoms with Crippen LogP contribution in [0.15, 0.2) is 54.6 Å². The van der Waals surface area contributed by atoms with Gasteiger partial charge >= 0.3 is 0 Å². The molecule has 0 spiro atoms. The number of rotatable bonds is 6. The molecule has 0 atom stereocenters. The molecule has 0 fully saturated rings. The lowest BCUT2D eigenvalue weighted by atomic mass is 9.74. The lowest BCUT2D eigenvalue weighted by molar-refractivity contribution is 0.105. The van der Waals surface area contributed by atoms with Crippen molar-refractivity contribution in [1.29, 1.82) is 0 Å². The molecule has 23 heavy (non-hydrogen) atoms. The lowest BCUT2D eigenvalue weighted by Crippen LogP contribution is -2.28. The van der Waals surface area contributed by atoms with Gasteiger partial charge in [0.1, 0.15) is 18.6 Å². The highest BCUT2D eigenvalue weighted by atomic mass is 32.1. The van der Waals surface area contributed by atoms with Gasteiger partial charge in [-0.1, -0.05) is 31.3 Å². The first kappa shape index (κ1) is 16.1. The summed E-state index contributed by atoms with van der Waals surface area (Å²) < 4.78 is 7.47. The molecule has 0 bridgehead atoms. The molecule has 3 aromatic rings. The van der Waals surface area contributed by atoms with Crippen LogP contribution < -0.4 is 4.74 Å². The van der Waals surface area contributed by atoms with Crippen molar-refractivity contribution in [3.8, 4) is 16.2 Å². The molecule has 3 rings (SSSR count). The molecular weight excluding hydrogens is 299 g/mol. The van der Waals surface area contributed by atoms with Crippen LogP contribution in [0.25, 0.3) is 20.5 Å². The van der Waals surface area contributed by atoms with Crippen LogP contribution in [0.2, 0.25) is 13.1 Å². The standard InChI is InChI=1S/C20H22BOS/c1-20(2,12-13-21-3)22-17-10-8-15(9-11-17)19-14-16-6-4-5-7-18(16)23-19/h4-11,14H,12-13H2,1-3H3. The molecule has 1 aromatic heterocycles. The van der Waals surface area contributed by atoms with Gasteiger partial charge in [0.2, 0.25) is 0 Å². The van der Waals surface area contributed by atoms with Gasteiger partial charge in [-0.15, -0.1) is 11.3 Å². The third-order valence-corrected chi connectivity index (χ3v) is 5.16. The fourth-order valence-corrected chi connectivity index (χ4v) is 3.74. The second-order valence-electron chi connectivity index (χ2n) is 6.48. The van der Waals surface area contributed by atoms with Crippen LogP contribution in [0, 0.1) is 0 Å². The summed E-state index contributed by atoms with van der Waals surface area (Å²) >= 11 is 1.84. The number of thiophene rings is 1. The monoisotopic (exact) mass is 321 g/mol. The van der Waals surface area contributed by atoms with E-state index in [4.69, 9.17) is 4.74 Å². The highest BCUT2D eigenvalue weighted by Crippen LogP contribution is 2.34. The summed E-state index contributed by atoms with van der Waals surface area (Å²) in [6.45, 7) is 6.39. The average Bonchev–Trinajstić information content (AvgIpc) is 2.97. The molecule has 0 N–H and O–H groups in total. The van der Waals surface area contributed by atoms with E-state index >= 15 is 0 Å². The first-order chi connectivity index (χ1) is 11.1. The van der Waals surface area contributed by atoms with Gasteiger partial charge in [-0.2, -0.15) is 0 Å². The van der Waals surface area contributed by atoms with E-state index in [0.29, 0.717) is 0 Å². The van der Waals surface area contributed by atoms with Crippen LogP contribution in [0.1, 0.15) is 20.3 Å². The molecule has 0 aliphatic carbocycles. The molecule has 0 saturated carbocycles. The van der Waals surface area contributed by atoms with Crippen molar-refractivity contribution in [2.75, 3.05) is 0 Å². The summed E-state index contributed by atoms with van der Waals surface area (Å²) in [4.78, 5) is 1.30. The third kappa shape index (κ3) is 3.97. The normalized spacial score (nSPS) is 11.6. The number of hydrogen-bond acceptors (Lipinski definition) is 2. The Balaban J connectivity index is 1.76. The topological polar surface area (TPSA) is 9.23 Å². The van der Waals surface area contributed by atoms with E-state index in [0.717, 1.165) is 18.5 Å². The average molecular weight is 321 g/mol. The predicted molar refractivity (Wildman–Crippen MR) is 103 cm³/mol. The van der Waals surface area contributed by atoms with Crippen molar-refractivity contribution in [1.82, 2.24) is 0 Å². The Morgan fingerprint density at radius 1 is 1.04 bits per heavy atom. The summed E-state index contributed by atoms with van der Waals surface area (Å²) in [6, 6.07) is 19.3. The molecule has 1 heterocycles. The van der Waals surface area contributed by atoms with E-state index in [1.54, 1.807) is 0 Å². The van der Waals surface area contributed by atoms with Crippen LogP contribution in [0.5, 0.6) is 5.75 Å².